The van der Waals surface area contributed by atoms with Gasteiger partial charge in [-0.15, -0.1) is 0 Å². The summed E-state index contributed by atoms with van der Waals surface area (Å²) in [6.07, 6.45) is 4.20. The van der Waals surface area contributed by atoms with Crippen molar-refractivity contribution >= 4 is 26.1 Å². The van der Waals surface area contributed by atoms with Gasteiger partial charge in [0, 0.05) is 25.6 Å². The molecule has 0 amide bonds. The molecule has 2 rings (SSSR count). The molecule has 0 aromatic heterocycles. The van der Waals surface area contributed by atoms with Gasteiger partial charge in [-0.25, -0.2) is 21.1 Å². The third kappa shape index (κ3) is 5.37. The van der Waals surface area contributed by atoms with Crippen LogP contribution in [0.5, 0.6) is 5.75 Å². The number of likely N-dealkylation sites (N-methyl/N-ethyl adjacent to an activating group) is 1. The quantitative estimate of drug-likeness (QED) is 0.708. The maximum Gasteiger partial charge on any atom is 0.247 e. The van der Waals surface area contributed by atoms with E-state index in [2.05, 4.69) is 0 Å². The van der Waals surface area contributed by atoms with Gasteiger partial charge in [0.15, 0.2) is 0 Å². The predicted molar refractivity (Wildman–Crippen MR) is 113 cm³/mol. The van der Waals surface area contributed by atoms with Crippen LogP contribution in [0.3, 0.4) is 0 Å². The van der Waals surface area contributed by atoms with Crippen LogP contribution in [-0.2, 0) is 20.0 Å². The van der Waals surface area contributed by atoms with Crippen LogP contribution in [0.25, 0.3) is 6.08 Å². The maximum absolute atomic E-state index is 13.3. The van der Waals surface area contributed by atoms with E-state index in [9.17, 15) is 21.9 Å². The van der Waals surface area contributed by atoms with Crippen LogP contribution in [0, 0.1) is 5.92 Å². The number of aliphatic hydroxyl groups is 1. The Hall–Kier alpha value is -1.46. The lowest BCUT2D eigenvalue weighted by Gasteiger charge is -2.37. The van der Waals surface area contributed by atoms with E-state index in [4.69, 9.17) is 4.74 Å². The van der Waals surface area contributed by atoms with Gasteiger partial charge in [0.1, 0.15) is 16.7 Å². The van der Waals surface area contributed by atoms with E-state index >= 15 is 0 Å². The number of sulfonamides is 2. The first-order valence-corrected chi connectivity index (χ1v) is 12.7. The van der Waals surface area contributed by atoms with Gasteiger partial charge in [0.25, 0.3) is 0 Å². The van der Waals surface area contributed by atoms with Crippen molar-refractivity contribution in [1.29, 1.82) is 0 Å². The molecule has 1 aliphatic rings. The van der Waals surface area contributed by atoms with E-state index in [0.29, 0.717) is 0 Å². The number of hydrogen-bond acceptors (Lipinski definition) is 6. The molecule has 0 radical (unpaired) electrons. The largest absolute Gasteiger partial charge is 0.487 e. The lowest BCUT2D eigenvalue weighted by Crippen LogP contribution is -2.50. The first kappa shape index (κ1) is 23.8. The van der Waals surface area contributed by atoms with Crippen molar-refractivity contribution in [2.24, 2.45) is 5.92 Å². The van der Waals surface area contributed by atoms with Gasteiger partial charge >= 0.3 is 0 Å². The molecule has 0 fully saturated rings. The summed E-state index contributed by atoms with van der Waals surface area (Å²) in [6, 6.07) is 4.19. The molecule has 0 saturated heterocycles. The van der Waals surface area contributed by atoms with Crippen molar-refractivity contribution in [3.05, 3.63) is 29.8 Å². The standard InChI is InChI=1S/C19H30N2O6S2/c1-6-7-16-8-9-19-17(10-16)27-18(12-20(4)28(5,23)24)14(2)11-21(15(3)13-22)29(19,25)26/h6-10,14-15,18,22H,11-13H2,1-5H3/b7-6+/t14-,15-,18-/m1/s1. The summed E-state index contributed by atoms with van der Waals surface area (Å²) >= 11 is 0. The van der Waals surface area contributed by atoms with Crippen molar-refractivity contribution in [1.82, 2.24) is 8.61 Å². The van der Waals surface area contributed by atoms with Crippen LogP contribution >= 0.6 is 0 Å². The van der Waals surface area contributed by atoms with E-state index in [0.717, 1.165) is 11.8 Å². The molecule has 1 aliphatic heterocycles. The van der Waals surface area contributed by atoms with E-state index in [1.807, 2.05) is 26.0 Å². The number of nitrogens with zero attached hydrogens (tertiary/aromatic N) is 2. The minimum Gasteiger partial charge on any atom is -0.487 e. The molecule has 1 aromatic rings. The second-order valence-electron chi connectivity index (χ2n) is 7.49. The highest BCUT2D eigenvalue weighted by molar-refractivity contribution is 7.89. The van der Waals surface area contributed by atoms with Gasteiger partial charge in [0.2, 0.25) is 20.0 Å². The third-order valence-electron chi connectivity index (χ3n) is 5.05. The topological polar surface area (TPSA) is 104 Å². The summed E-state index contributed by atoms with van der Waals surface area (Å²) in [5.41, 5.74) is 0.770. The van der Waals surface area contributed by atoms with Crippen molar-refractivity contribution in [2.75, 3.05) is 33.0 Å². The van der Waals surface area contributed by atoms with Crippen LogP contribution in [0.4, 0.5) is 0 Å². The van der Waals surface area contributed by atoms with E-state index in [-0.39, 0.29) is 36.3 Å². The van der Waals surface area contributed by atoms with Gasteiger partial charge in [-0.3, -0.25) is 0 Å². The smallest absolute Gasteiger partial charge is 0.247 e. The van der Waals surface area contributed by atoms with Crippen LogP contribution in [0.1, 0.15) is 26.3 Å². The van der Waals surface area contributed by atoms with Crippen molar-refractivity contribution < 1.29 is 26.7 Å². The maximum atomic E-state index is 13.3. The fourth-order valence-electron chi connectivity index (χ4n) is 3.14. The second-order valence-corrected chi connectivity index (χ2v) is 11.4. The monoisotopic (exact) mass is 446 g/mol. The Kier molecular flexibility index (Phi) is 7.50. The number of rotatable bonds is 6. The molecule has 0 bridgehead atoms. The molecule has 0 spiro atoms. The molecule has 1 heterocycles. The lowest BCUT2D eigenvalue weighted by atomic mass is 10.0. The number of allylic oxidation sites excluding steroid dienone is 1. The minimum atomic E-state index is -3.91. The molecule has 164 valence electrons. The van der Waals surface area contributed by atoms with Gasteiger partial charge in [-0.2, -0.15) is 4.31 Å². The molecular weight excluding hydrogens is 416 g/mol. The normalized spacial score (nSPS) is 24.0. The zero-order valence-electron chi connectivity index (χ0n) is 17.4. The van der Waals surface area contributed by atoms with Crippen LogP contribution < -0.4 is 4.74 Å². The summed E-state index contributed by atoms with van der Waals surface area (Å²) < 4.78 is 58.9. The average molecular weight is 447 g/mol. The predicted octanol–water partition coefficient (Wildman–Crippen LogP) is 1.38. The highest BCUT2D eigenvalue weighted by Crippen LogP contribution is 2.34. The highest BCUT2D eigenvalue weighted by atomic mass is 32.2. The van der Waals surface area contributed by atoms with Gasteiger partial charge < -0.3 is 9.84 Å². The number of ether oxygens (including phenoxy) is 1. The summed E-state index contributed by atoms with van der Waals surface area (Å²) in [4.78, 5) is 0.00459. The number of benzene rings is 1. The molecule has 0 saturated carbocycles. The molecule has 1 N–H and O–H groups in total. The summed E-state index contributed by atoms with van der Waals surface area (Å²) in [5, 5.41) is 9.61. The SMILES string of the molecule is C/C=C/c1ccc2c(c1)O[C@H](CN(C)S(C)(=O)=O)[C@H](C)CN([C@H](C)CO)S2(=O)=O. The van der Waals surface area contributed by atoms with Gasteiger partial charge in [-0.1, -0.05) is 25.1 Å². The Labute approximate surface area is 173 Å². The molecule has 10 heteroatoms. The van der Waals surface area contributed by atoms with Crippen LogP contribution in [-0.4, -0.2) is 75.7 Å². The fraction of sp³-hybridized carbons (Fsp3) is 0.579. The third-order valence-corrected chi connectivity index (χ3v) is 8.35. The van der Waals surface area contributed by atoms with Gasteiger partial charge in [-0.05, 0) is 31.5 Å². The summed E-state index contributed by atoms with van der Waals surface area (Å²) in [5.74, 6) is -0.143. The molecule has 3 atom stereocenters. The van der Waals surface area contributed by atoms with Gasteiger partial charge in [0.05, 0.1) is 19.4 Å². The molecule has 0 unspecified atom stereocenters. The molecule has 29 heavy (non-hydrogen) atoms. The molecule has 1 aromatic carbocycles. The zero-order valence-corrected chi connectivity index (χ0v) is 19.1. The first-order valence-electron chi connectivity index (χ1n) is 9.39. The number of aliphatic hydroxyl groups excluding tert-OH is 1. The Morgan fingerprint density at radius 2 is 2.07 bits per heavy atom. The zero-order chi connectivity index (χ0) is 22.0. The van der Waals surface area contributed by atoms with E-state index in [1.165, 1.54) is 21.7 Å². The Morgan fingerprint density at radius 1 is 1.41 bits per heavy atom. The number of fused-ring (bicyclic) bond motifs is 1. The van der Waals surface area contributed by atoms with Crippen molar-refractivity contribution in [2.45, 2.75) is 37.8 Å². The summed E-state index contributed by atoms with van der Waals surface area (Å²) in [6.45, 7) is 5.15. The summed E-state index contributed by atoms with van der Waals surface area (Å²) in [7, 11) is -5.87. The second kappa shape index (κ2) is 9.13. The van der Waals surface area contributed by atoms with E-state index < -0.39 is 32.2 Å². The molecule has 8 nitrogen and oxygen atoms in total. The Bertz CT molecular complexity index is 959. The van der Waals surface area contributed by atoms with Crippen LogP contribution in [0.15, 0.2) is 29.2 Å². The highest BCUT2D eigenvalue weighted by Gasteiger charge is 2.38. The lowest BCUT2D eigenvalue weighted by molar-refractivity contribution is 0.0905. The Balaban J connectivity index is 2.61. The van der Waals surface area contributed by atoms with Crippen molar-refractivity contribution in [3.8, 4) is 5.75 Å². The van der Waals surface area contributed by atoms with Crippen molar-refractivity contribution in [3.63, 3.8) is 0 Å². The average Bonchev–Trinajstić information content (AvgIpc) is 2.63. The first-order chi connectivity index (χ1) is 13.4. The number of hydrogen-bond donors (Lipinski definition) is 1. The molecular formula is C19H30N2O6S2. The van der Waals surface area contributed by atoms with E-state index in [1.54, 1.807) is 19.1 Å². The Morgan fingerprint density at radius 3 is 2.62 bits per heavy atom. The van der Waals surface area contributed by atoms with Crippen LogP contribution in [0.2, 0.25) is 0 Å². The fourth-order valence-corrected chi connectivity index (χ4v) is 5.39. The molecule has 0 aliphatic carbocycles. The minimum absolute atomic E-state index is 0.00459.